The summed E-state index contributed by atoms with van der Waals surface area (Å²) in [5, 5.41) is 14.2. The smallest absolute Gasteiger partial charge is 0.323 e. The van der Waals surface area contributed by atoms with Crippen LogP contribution in [0.5, 0.6) is 5.75 Å². The SMILES string of the molecule is COc1cccc2cc(C(=O)Nc3nnc(-c4ccno4)o3)oc12. The molecule has 0 saturated heterocycles. The third-order valence-electron chi connectivity index (χ3n) is 3.25. The maximum atomic E-state index is 12.3. The highest BCUT2D eigenvalue weighted by atomic mass is 16.5. The highest BCUT2D eigenvalue weighted by Gasteiger charge is 2.18. The molecule has 0 atom stereocenters. The van der Waals surface area contributed by atoms with Crippen molar-refractivity contribution in [3.8, 4) is 17.4 Å². The van der Waals surface area contributed by atoms with Crippen molar-refractivity contribution in [1.82, 2.24) is 15.4 Å². The number of anilines is 1. The molecule has 0 spiro atoms. The summed E-state index contributed by atoms with van der Waals surface area (Å²) in [5.41, 5.74) is 0.484. The number of rotatable bonds is 4. The van der Waals surface area contributed by atoms with E-state index in [9.17, 15) is 4.79 Å². The van der Waals surface area contributed by atoms with Crippen LogP contribution in [0.3, 0.4) is 0 Å². The number of methoxy groups -OCH3 is 1. The first-order valence-corrected chi connectivity index (χ1v) is 6.87. The normalized spacial score (nSPS) is 10.9. The van der Waals surface area contributed by atoms with E-state index in [0.717, 1.165) is 5.39 Å². The number of fused-ring (bicyclic) bond motifs is 1. The lowest BCUT2D eigenvalue weighted by Gasteiger charge is -1.98. The van der Waals surface area contributed by atoms with Gasteiger partial charge in [0.05, 0.1) is 13.3 Å². The summed E-state index contributed by atoms with van der Waals surface area (Å²) in [4.78, 5) is 12.3. The zero-order valence-corrected chi connectivity index (χ0v) is 12.3. The van der Waals surface area contributed by atoms with Crippen LogP contribution in [0.25, 0.3) is 22.6 Å². The zero-order chi connectivity index (χ0) is 16.5. The molecule has 120 valence electrons. The summed E-state index contributed by atoms with van der Waals surface area (Å²) in [6.07, 6.45) is 1.44. The first-order chi connectivity index (χ1) is 11.7. The second kappa shape index (κ2) is 5.54. The van der Waals surface area contributed by atoms with E-state index in [0.29, 0.717) is 17.1 Å². The molecule has 9 nitrogen and oxygen atoms in total. The second-order valence-electron chi connectivity index (χ2n) is 4.73. The van der Waals surface area contributed by atoms with Crippen molar-refractivity contribution in [3.63, 3.8) is 0 Å². The summed E-state index contributed by atoms with van der Waals surface area (Å²) in [6, 6.07) is 8.44. The standard InChI is InChI=1S/C15H10N4O5/c1-21-9-4-2-3-8-7-11(22-12(8)9)13(20)17-15-19-18-14(23-15)10-5-6-16-24-10/h2-7H,1H3,(H,17,19,20). The fourth-order valence-electron chi connectivity index (χ4n) is 2.17. The molecule has 0 saturated carbocycles. The summed E-state index contributed by atoms with van der Waals surface area (Å²) in [7, 11) is 1.53. The number of para-hydroxylation sites is 1. The Morgan fingerprint density at radius 1 is 1.21 bits per heavy atom. The second-order valence-corrected chi connectivity index (χ2v) is 4.73. The van der Waals surface area contributed by atoms with Crippen LogP contribution in [0.4, 0.5) is 6.01 Å². The molecule has 4 aromatic rings. The van der Waals surface area contributed by atoms with Crippen molar-refractivity contribution >= 4 is 22.9 Å². The lowest BCUT2D eigenvalue weighted by molar-refractivity contribution is 0.0995. The van der Waals surface area contributed by atoms with Crippen molar-refractivity contribution in [2.75, 3.05) is 12.4 Å². The number of furan rings is 1. The van der Waals surface area contributed by atoms with Crippen molar-refractivity contribution in [2.24, 2.45) is 0 Å². The van der Waals surface area contributed by atoms with Crippen LogP contribution in [0.15, 0.2) is 49.9 Å². The maximum absolute atomic E-state index is 12.3. The quantitative estimate of drug-likeness (QED) is 0.608. The van der Waals surface area contributed by atoms with Gasteiger partial charge in [0.2, 0.25) is 5.76 Å². The fourth-order valence-corrected chi connectivity index (χ4v) is 2.17. The number of hydrogen-bond acceptors (Lipinski definition) is 8. The minimum atomic E-state index is -0.527. The maximum Gasteiger partial charge on any atom is 0.323 e. The van der Waals surface area contributed by atoms with Gasteiger partial charge in [-0.25, -0.2) is 0 Å². The third-order valence-corrected chi connectivity index (χ3v) is 3.25. The van der Waals surface area contributed by atoms with E-state index in [1.807, 2.05) is 6.07 Å². The van der Waals surface area contributed by atoms with Crippen LogP contribution < -0.4 is 10.1 Å². The van der Waals surface area contributed by atoms with Crippen molar-refractivity contribution in [3.05, 3.63) is 42.3 Å². The Morgan fingerprint density at radius 2 is 2.12 bits per heavy atom. The number of amides is 1. The monoisotopic (exact) mass is 326 g/mol. The molecule has 1 amide bonds. The number of ether oxygens (including phenoxy) is 1. The van der Waals surface area contributed by atoms with Crippen LogP contribution in [-0.2, 0) is 0 Å². The van der Waals surface area contributed by atoms with E-state index in [-0.39, 0.29) is 17.7 Å². The van der Waals surface area contributed by atoms with Gasteiger partial charge in [-0.05, 0) is 12.1 Å². The molecular formula is C15H10N4O5. The minimum Gasteiger partial charge on any atom is -0.493 e. The largest absolute Gasteiger partial charge is 0.493 e. The van der Waals surface area contributed by atoms with Gasteiger partial charge < -0.3 is 18.1 Å². The van der Waals surface area contributed by atoms with Gasteiger partial charge in [-0.2, -0.15) is 0 Å². The van der Waals surface area contributed by atoms with Crippen molar-refractivity contribution in [2.45, 2.75) is 0 Å². The summed E-state index contributed by atoms with van der Waals surface area (Å²) in [6.45, 7) is 0. The number of hydrogen-bond donors (Lipinski definition) is 1. The van der Waals surface area contributed by atoms with Gasteiger partial charge in [0.1, 0.15) is 0 Å². The molecule has 0 unspecified atom stereocenters. The number of nitrogens with one attached hydrogen (secondary N) is 1. The number of nitrogens with zero attached hydrogens (tertiary/aromatic N) is 3. The molecule has 0 aliphatic rings. The number of carbonyl (C=O) groups is 1. The van der Waals surface area contributed by atoms with E-state index in [2.05, 4.69) is 20.7 Å². The van der Waals surface area contributed by atoms with E-state index in [1.54, 1.807) is 24.3 Å². The Hall–Kier alpha value is -3.62. The van der Waals surface area contributed by atoms with Gasteiger partial charge in [0.25, 0.3) is 11.8 Å². The summed E-state index contributed by atoms with van der Waals surface area (Å²) < 4.78 is 20.9. The molecule has 3 heterocycles. The third kappa shape index (κ3) is 2.37. The van der Waals surface area contributed by atoms with Gasteiger partial charge in [-0.3, -0.25) is 10.1 Å². The van der Waals surface area contributed by atoms with Gasteiger partial charge in [0, 0.05) is 11.5 Å². The average Bonchev–Trinajstić information content (AvgIpc) is 3.33. The zero-order valence-electron chi connectivity index (χ0n) is 12.3. The Kier molecular flexibility index (Phi) is 3.23. The fraction of sp³-hybridized carbons (Fsp3) is 0.0667. The Morgan fingerprint density at radius 3 is 2.92 bits per heavy atom. The Bertz CT molecular complexity index is 1000. The number of benzene rings is 1. The molecule has 1 N–H and O–H groups in total. The van der Waals surface area contributed by atoms with Crippen LogP contribution in [0.1, 0.15) is 10.6 Å². The predicted octanol–water partition coefficient (Wildman–Crippen LogP) is 2.73. The van der Waals surface area contributed by atoms with Gasteiger partial charge in [-0.1, -0.05) is 22.4 Å². The van der Waals surface area contributed by atoms with E-state index < -0.39 is 5.91 Å². The van der Waals surface area contributed by atoms with Gasteiger partial charge in [0.15, 0.2) is 17.1 Å². The molecule has 0 bridgehead atoms. The number of carbonyl (C=O) groups excluding carboxylic acids is 1. The topological polar surface area (TPSA) is 116 Å². The van der Waals surface area contributed by atoms with Crippen molar-refractivity contribution in [1.29, 1.82) is 0 Å². The van der Waals surface area contributed by atoms with E-state index >= 15 is 0 Å². The van der Waals surface area contributed by atoms with Crippen LogP contribution in [0.2, 0.25) is 0 Å². The Balaban J connectivity index is 1.58. The molecule has 24 heavy (non-hydrogen) atoms. The predicted molar refractivity (Wildman–Crippen MR) is 80.5 cm³/mol. The molecule has 0 fully saturated rings. The lowest BCUT2D eigenvalue weighted by Crippen LogP contribution is -2.10. The van der Waals surface area contributed by atoms with Crippen LogP contribution in [0, 0.1) is 0 Å². The van der Waals surface area contributed by atoms with Crippen LogP contribution in [-0.4, -0.2) is 28.4 Å². The molecule has 4 rings (SSSR count). The molecule has 9 heteroatoms. The average molecular weight is 326 g/mol. The van der Waals surface area contributed by atoms with Crippen LogP contribution >= 0.6 is 0 Å². The molecule has 1 aromatic carbocycles. The van der Waals surface area contributed by atoms with Gasteiger partial charge in [-0.15, -0.1) is 5.10 Å². The summed E-state index contributed by atoms with van der Waals surface area (Å²) >= 11 is 0. The minimum absolute atomic E-state index is 0.0844. The van der Waals surface area contributed by atoms with E-state index in [1.165, 1.54) is 13.3 Å². The molecule has 0 aliphatic carbocycles. The first-order valence-electron chi connectivity index (χ1n) is 6.87. The first kappa shape index (κ1) is 14.0. The molecular weight excluding hydrogens is 316 g/mol. The lowest BCUT2D eigenvalue weighted by atomic mass is 10.2. The highest BCUT2D eigenvalue weighted by molar-refractivity contribution is 6.04. The molecule has 0 aliphatic heterocycles. The molecule has 3 aromatic heterocycles. The number of aromatic nitrogens is 3. The Labute approximate surface area is 134 Å². The highest BCUT2D eigenvalue weighted by Crippen LogP contribution is 2.29. The van der Waals surface area contributed by atoms with E-state index in [4.69, 9.17) is 18.1 Å². The van der Waals surface area contributed by atoms with Crippen molar-refractivity contribution < 1.29 is 22.9 Å². The summed E-state index contributed by atoms with van der Waals surface area (Å²) in [5.74, 6) is 0.512. The molecule has 0 radical (unpaired) electrons. The van der Waals surface area contributed by atoms with Gasteiger partial charge >= 0.3 is 6.01 Å².